The summed E-state index contributed by atoms with van der Waals surface area (Å²) in [6.07, 6.45) is 1.77. The molecule has 1 aromatic heterocycles. The van der Waals surface area contributed by atoms with E-state index < -0.39 is 5.56 Å². The molecular formula is C12H7Cl2N3OS. The number of aromatic amines is 1. The summed E-state index contributed by atoms with van der Waals surface area (Å²) in [6.45, 7) is 0. The summed E-state index contributed by atoms with van der Waals surface area (Å²) in [5.41, 5.74) is -0.0179. The number of halogens is 2. The molecule has 19 heavy (non-hydrogen) atoms. The Morgan fingerprint density at radius 2 is 2.00 bits per heavy atom. The van der Waals surface area contributed by atoms with E-state index in [0.717, 1.165) is 0 Å². The highest BCUT2D eigenvalue weighted by Crippen LogP contribution is 2.34. The summed E-state index contributed by atoms with van der Waals surface area (Å²) >= 11 is 13.4. The highest BCUT2D eigenvalue weighted by atomic mass is 35.5. The smallest absolute Gasteiger partial charge is 0.270 e. The number of benzene rings is 1. The third kappa shape index (κ3) is 2.61. The number of H-pyrrole nitrogens is 1. The van der Waals surface area contributed by atoms with E-state index in [2.05, 4.69) is 9.97 Å². The molecule has 0 fully saturated rings. The molecule has 0 spiro atoms. The molecule has 0 amide bonds. The third-order valence-corrected chi connectivity index (χ3v) is 3.61. The maximum Gasteiger partial charge on any atom is 0.270 e. The molecule has 7 heteroatoms. The molecule has 0 bridgehead atoms. The molecule has 0 aliphatic carbocycles. The molecule has 0 unspecified atom stereocenters. The standard InChI is InChI=1S/C12H7Cl2N3OS/c1-19-12-16-10(6(5-15)11(18)17-12)9-7(13)3-2-4-8(9)14/h2-4H,1H3,(H,16,17,18). The van der Waals surface area contributed by atoms with Gasteiger partial charge in [-0.15, -0.1) is 0 Å². The monoisotopic (exact) mass is 311 g/mol. The van der Waals surface area contributed by atoms with Crippen LogP contribution >= 0.6 is 35.0 Å². The molecule has 0 saturated heterocycles. The summed E-state index contributed by atoms with van der Waals surface area (Å²) in [5.74, 6) is 0. The van der Waals surface area contributed by atoms with E-state index >= 15 is 0 Å². The lowest BCUT2D eigenvalue weighted by Gasteiger charge is -2.08. The zero-order valence-corrected chi connectivity index (χ0v) is 12.0. The minimum absolute atomic E-state index is 0.104. The molecule has 2 rings (SSSR count). The van der Waals surface area contributed by atoms with E-state index in [4.69, 9.17) is 28.5 Å². The lowest BCUT2D eigenvalue weighted by atomic mass is 10.1. The molecule has 0 radical (unpaired) electrons. The van der Waals surface area contributed by atoms with Crippen molar-refractivity contribution in [1.82, 2.24) is 9.97 Å². The fourth-order valence-corrected chi connectivity index (χ4v) is 2.51. The van der Waals surface area contributed by atoms with Gasteiger partial charge in [-0.25, -0.2) is 4.98 Å². The minimum atomic E-state index is -0.507. The summed E-state index contributed by atoms with van der Waals surface area (Å²) in [4.78, 5) is 18.6. The summed E-state index contributed by atoms with van der Waals surface area (Å²) in [6, 6.07) is 6.78. The molecule has 0 atom stereocenters. The van der Waals surface area contributed by atoms with Gasteiger partial charge < -0.3 is 4.98 Å². The number of aromatic nitrogens is 2. The van der Waals surface area contributed by atoms with Crippen LogP contribution in [0.15, 0.2) is 28.2 Å². The largest absolute Gasteiger partial charge is 0.300 e. The second-order valence-corrected chi connectivity index (χ2v) is 5.12. The Bertz CT molecular complexity index is 716. The Morgan fingerprint density at radius 3 is 2.53 bits per heavy atom. The predicted molar refractivity (Wildman–Crippen MR) is 76.8 cm³/mol. The second-order valence-electron chi connectivity index (χ2n) is 3.51. The van der Waals surface area contributed by atoms with Crippen LogP contribution in [0.2, 0.25) is 10.0 Å². The number of nitriles is 1. The number of nitrogens with one attached hydrogen (secondary N) is 1. The number of hydrogen-bond acceptors (Lipinski definition) is 4. The highest BCUT2D eigenvalue weighted by Gasteiger charge is 2.18. The SMILES string of the molecule is CSc1nc(-c2c(Cl)cccc2Cl)c(C#N)c(=O)[nH]1. The summed E-state index contributed by atoms with van der Waals surface area (Å²) in [7, 11) is 0. The van der Waals surface area contributed by atoms with Crippen molar-refractivity contribution in [2.45, 2.75) is 5.16 Å². The normalized spacial score (nSPS) is 10.2. The average molecular weight is 312 g/mol. The number of thioether (sulfide) groups is 1. The van der Waals surface area contributed by atoms with Crippen molar-refractivity contribution in [3.8, 4) is 17.3 Å². The van der Waals surface area contributed by atoms with Gasteiger partial charge >= 0.3 is 0 Å². The summed E-state index contributed by atoms with van der Waals surface area (Å²) in [5, 5.41) is 10.2. The van der Waals surface area contributed by atoms with E-state index in [1.165, 1.54) is 11.8 Å². The molecule has 1 aromatic carbocycles. The second kappa shape index (κ2) is 5.66. The molecule has 0 aliphatic rings. The van der Waals surface area contributed by atoms with Gasteiger partial charge in [0.15, 0.2) is 5.16 Å². The maximum atomic E-state index is 11.8. The van der Waals surface area contributed by atoms with Crippen molar-refractivity contribution in [2.75, 3.05) is 6.26 Å². The molecule has 96 valence electrons. The van der Waals surface area contributed by atoms with Crippen molar-refractivity contribution in [2.24, 2.45) is 0 Å². The maximum absolute atomic E-state index is 11.8. The van der Waals surface area contributed by atoms with Gasteiger partial charge in [-0.3, -0.25) is 4.79 Å². The molecule has 1 heterocycles. The molecule has 2 aromatic rings. The number of hydrogen-bond donors (Lipinski definition) is 1. The summed E-state index contributed by atoms with van der Waals surface area (Å²) < 4.78 is 0. The molecule has 1 N–H and O–H groups in total. The Labute approximate surface area is 123 Å². The first-order valence-electron chi connectivity index (χ1n) is 5.11. The molecule has 0 aliphatic heterocycles. The lowest BCUT2D eigenvalue weighted by molar-refractivity contribution is 0.938. The average Bonchev–Trinajstić information content (AvgIpc) is 2.38. The Kier molecular flexibility index (Phi) is 4.15. The van der Waals surface area contributed by atoms with Crippen molar-refractivity contribution in [3.63, 3.8) is 0 Å². The van der Waals surface area contributed by atoms with Gasteiger partial charge in [0.1, 0.15) is 11.6 Å². The fraction of sp³-hybridized carbons (Fsp3) is 0.0833. The van der Waals surface area contributed by atoms with E-state index in [1.54, 1.807) is 24.5 Å². The van der Waals surface area contributed by atoms with Gasteiger partial charge in [-0.1, -0.05) is 41.0 Å². The van der Waals surface area contributed by atoms with E-state index in [9.17, 15) is 4.79 Å². The first-order chi connectivity index (χ1) is 9.08. The zero-order chi connectivity index (χ0) is 14.0. The topological polar surface area (TPSA) is 69.5 Å². The lowest BCUT2D eigenvalue weighted by Crippen LogP contribution is -2.14. The Balaban J connectivity index is 2.86. The molecular weight excluding hydrogens is 305 g/mol. The van der Waals surface area contributed by atoms with Crippen molar-refractivity contribution in [1.29, 1.82) is 5.26 Å². The number of nitrogens with zero attached hydrogens (tertiary/aromatic N) is 2. The fourth-order valence-electron chi connectivity index (χ4n) is 1.56. The number of rotatable bonds is 2. The molecule has 4 nitrogen and oxygen atoms in total. The van der Waals surface area contributed by atoms with Crippen LogP contribution in [0.25, 0.3) is 11.3 Å². The predicted octanol–water partition coefficient (Wildman–Crippen LogP) is 3.34. The Hall–Kier alpha value is -1.48. The first kappa shape index (κ1) is 13.9. The van der Waals surface area contributed by atoms with Gasteiger partial charge in [0.25, 0.3) is 5.56 Å². The minimum Gasteiger partial charge on any atom is -0.300 e. The quantitative estimate of drug-likeness (QED) is 0.682. The third-order valence-electron chi connectivity index (χ3n) is 2.40. The van der Waals surface area contributed by atoms with Crippen LogP contribution < -0.4 is 5.56 Å². The first-order valence-corrected chi connectivity index (χ1v) is 7.09. The van der Waals surface area contributed by atoms with Crippen LogP contribution in [0, 0.1) is 11.3 Å². The van der Waals surface area contributed by atoms with Crippen molar-refractivity contribution in [3.05, 3.63) is 44.2 Å². The van der Waals surface area contributed by atoms with Gasteiger partial charge in [-0.2, -0.15) is 5.26 Å². The Morgan fingerprint density at radius 1 is 1.37 bits per heavy atom. The van der Waals surface area contributed by atoms with Crippen LogP contribution in [0.3, 0.4) is 0 Å². The van der Waals surface area contributed by atoms with Gasteiger partial charge in [0, 0.05) is 5.56 Å². The van der Waals surface area contributed by atoms with Crippen LogP contribution in [0.1, 0.15) is 5.56 Å². The van der Waals surface area contributed by atoms with E-state index in [-0.39, 0.29) is 11.3 Å². The molecule has 0 saturated carbocycles. The zero-order valence-electron chi connectivity index (χ0n) is 9.70. The van der Waals surface area contributed by atoms with Crippen LogP contribution in [0.5, 0.6) is 0 Å². The van der Waals surface area contributed by atoms with Gasteiger partial charge in [0.2, 0.25) is 0 Å². The van der Waals surface area contributed by atoms with Crippen LogP contribution in [-0.4, -0.2) is 16.2 Å². The van der Waals surface area contributed by atoms with E-state index in [1.807, 2.05) is 6.07 Å². The van der Waals surface area contributed by atoms with Gasteiger partial charge in [-0.05, 0) is 18.4 Å². The van der Waals surface area contributed by atoms with Crippen molar-refractivity contribution >= 4 is 35.0 Å². The van der Waals surface area contributed by atoms with Gasteiger partial charge in [0.05, 0.1) is 15.7 Å². The highest BCUT2D eigenvalue weighted by molar-refractivity contribution is 7.98. The van der Waals surface area contributed by atoms with Crippen LogP contribution in [-0.2, 0) is 0 Å². The van der Waals surface area contributed by atoms with E-state index in [0.29, 0.717) is 20.8 Å². The van der Waals surface area contributed by atoms with Crippen LogP contribution in [0.4, 0.5) is 0 Å². The van der Waals surface area contributed by atoms with Crippen molar-refractivity contribution < 1.29 is 0 Å².